The number of anilines is 1. The summed E-state index contributed by atoms with van der Waals surface area (Å²) in [4.78, 5) is 24.9. The fraction of sp³-hybridized carbons (Fsp3) is 0.333. The summed E-state index contributed by atoms with van der Waals surface area (Å²) < 4.78 is 21.2. The third kappa shape index (κ3) is 5.16. The number of benzene rings is 2. The van der Waals surface area contributed by atoms with Crippen molar-refractivity contribution in [2.75, 3.05) is 26.1 Å². The van der Waals surface area contributed by atoms with Crippen LogP contribution < -0.4 is 19.5 Å². The Kier molecular flexibility index (Phi) is 7.26. The number of hydrogen-bond donors (Lipinski definition) is 1. The first kappa shape index (κ1) is 21.1. The summed E-state index contributed by atoms with van der Waals surface area (Å²) >= 11 is 0. The Labute approximate surface area is 164 Å². The Morgan fingerprint density at radius 3 is 2.32 bits per heavy atom. The highest BCUT2D eigenvalue weighted by atomic mass is 16.5. The van der Waals surface area contributed by atoms with Crippen molar-refractivity contribution in [1.29, 1.82) is 0 Å². The van der Waals surface area contributed by atoms with E-state index < -0.39 is 18.0 Å². The fourth-order valence-electron chi connectivity index (χ4n) is 2.51. The molecule has 1 N–H and O–H groups in total. The lowest BCUT2D eigenvalue weighted by Crippen LogP contribution is -2.30. The molecule has 0 bridgehead atoms. The molecule has 0 aromatic heterocycles. The van der Waals surface area contributed by atoms with Gasteiger partial charge in [-0.3, -0.25) is 4.79 Å². The van der Waals surface area contributed by atoms with Gasteiger partial charge in [-0.05, 0) is 56.7 Å². The number of carbonyl (C=O) groups is 2. The molecule has 1 atom stereocenters. The van der Waals surface area contributed by atoms with E-state index in [9.17, 15) is 9.59 Å². The lowest BCUT2D eigenvalue weighted by atomic mass is 10.2. The van der Waals surface area contributed by atoms with Gasteiger partial charge >= 0.3 is 5.97 Å². The van der Waals surface area contributed by atoms with Crippen molar-refractivity contribution < 1.29 is 28.5 Å². The van der Waals surface area contributed by atoms with Gasteiger partial charge in [0.1, 0.15) is 5.75 Å². The van der Waals surface area contributed by atoms with Crippen LogP contribution in [-0.2, 0) is 9.53 Å². The van der Waals surface area contributed by atoms with Gasteiger partial charge in [-0.2, -0.15) is 0 Å². The second-order valence-corrected chi connectivity index (χ2v) is 6.04. The summed E-state index contributed by atoms with van der Waals surface area (Å²) in [7, 11) is 3.03. The first-order valence-corrected chi connectivity index (χ1v) is 8.86. The van der Waals surface area contributed by atoms with Crippen molar-refractivity contribution in [3.63, 3.8) is 0 Å². The van der Waals surface area contributed by atoms with Crippen LogP contribution in [-0.4, -0.2) is 38.8 Å². The molecule has 2 aromatic rings. The highest BCUT2D eigenvalue weighted by molar-refractivity contribution is 5.98. The third-order valence-electron chi connectivity index (χ3n) is 3.97. The molecule has 0 aliphatic rings. The maximum absolute atomic E-state index is 12.4. The molecule has 0 saturated heterocycles. The van der Waals surface area contributed by atoms with Crippen LogP contribution in [0.5, 0.6) is 17.2 Å². The molecule has 0 spiro atoms. The number of amides is 1. The van der Waals surface area contributed by atoms with Crippen molar-refractivity contribution >= 4 is 17.6 Å². The number of carbonyl (C=O) groups excluding carboxylic acids is 2. The first-order chi connectivity index (χ1) is 13.4. The average Bonchev–Trinajstić information content (AvgIpc) is 2.68. The van der Waals surface area contributed by atoms with Crippen LogP contribution in [0.4, 0.5) is 5.69 Å². The second kappa shape index (κ2) is 9.64. The van der Waals surface area contributed by atoms with E-state index in [4.69, 9.17) is 18.9 Å². The summed E-state index contributed by atoms with van der Waals surface area (Å²) in [6.45, 7) is 5.66. The topological polar surface area (TPSA) is 83.1 Å². The SMILES string of the molecule is CCOc1cc(C(=O)O[C@@H](C)C(=O)Nc2cc(C)ccc2OC)ccc1OC. The Morgan fingerprint density at radius 1 is 1.00 bits per heavy atom. The second-order valence-electron chi connectivity index (χ2n) is 6.04. The van der Waals surface area contributed by atoms with Crippen LogP contribution in [0.3, 0.4) is 0 Å². The molecule has 0 heterocycles. The highest BCUT2D eigenvalue weighted by Gasteiger charge is 2.21. The van der Waals surface area contributed by atoms with Crippen LogP contribution >= 0.6 is 0 Å². The van der Waals surface area contributed by atoms with Gasteiger partial charge in [-0.1, -0.05) is 6.07 Å². The van der Waals surface area contributed by atoms with Gasteiger partial charge in [0.05, 0.1) is 32.1 Å². The fourth-order valence-corrected chi connectivity index (χ4v) is 2.51. The predicted molar refractivity (Wildman–Crippen MR) is 105 cm³/mol. The Balaban J connectivity index is 2.08. The van der Waals surface area contributed by atoms with Gasteiger partial charge < -0.3 is 24.3 Å². The van der Waals surface area contributed by atoms with E-state index in [0.29, 0.717) is 29.5 Å². The van der Waals surface area contributed by atoms with Crippen molar-refractivity contribution in [2.24, 2.45) is 0 Å². The third-order valence-corrected chi connectivity index (χ3v) is 3.97. The number of ether oxygens (including phenoxy) is 4. The molecule has 0 fully saturated rings. The van der Waals surface area contributed by atoms with E-state index in [2.05, 4.69) is 5.32 Å². The van der Waals surface area contributed by atoms with Crippen molar-refractivity contribution in [3.05, 3.63) is 47.5 Å². The number of aryl methyl sites for hydroxylation is 1. The minimum Gasteiger partial charge on any atom is -0.495 e. The maximum Gasteiger partial charge on any atom is 0.339 e. The number of nitrogens with one attached hydrogen (secondary N) is 1. The number of methoxy groups -OCH3 is 2. The quantitative estimate of drug-likeness (QED) is 0.697. The maximum atomic E-state index is 12.4. The van der Waals surface area contributed by atoms with Crippen LogP contribution in [0, 0.1) is 6.92 Å². The van der Waals surface area contributed by atoms with Gasteiger partial charge in [-0.25, -0.2) is 4.79 Å². The van der Waals surface area contributed by atoms with Crippen molar-refractivity contribution in [3.8, 4) is 17.2 Å². The summed E-state index contributed by atoms with van der Waals surface area (Å²) in [5.41, 5.74) is 1.73. The minimum atomic E-state index is -1.00. The van der Waals surface area contributed by atoms with E-state index >= 15 is 0 Å². The summed E-state index contributed by atoms with van der Waals surface area (Å²) in [5, 5.41) is 2.72. The molecule has 1 amide bonds. The zero-order chi connectivity index (χ0) is 20.7. The van der Waals surface area contributed by atoms with Crippen LogP contribution in [0.1, 0.15) is 29.8 Å². The number of esters is 1. The largest absolute Gasteiger partial charge is 0.495 e. The molecule has 2 rings (SSSR count). The molecule has 2 aromatic carbocycles. The molecule has 150 valence electrons. The molecule has 7 heteroatoms. The molecule has 0 aliphatic carbocycles. The molecule has 0 unspecified atom stereocenters. The normalized spacial score (nSPS) is 11.3. The summed E-state index contributed by atoms with van der Waals surface area (Å²) in [6, 6.07) is 10.1. The molecule has 0 radical (unpaired) electrons. The van der Waals surface area contributed by atoms with E-state index in [0.717, 1.165) is 5.56 Å². The van der Waals surface area contributed by atoms with E-state index in [1.807, 2.05) is 19.9 Å². The Bertz CT molecular complexity index is 849. The van der Waals surface area contributed by atoms with Crippen LogP contribution in [0.2, 0.25) is 0 Å². The van der Waals surface area contributed by atoms with Crippen molar-refractivity contribution in [1.82, 2.24) is 0 Å². The molecule has 28 heavy (non-hydrogen) atoms. The van der Waals surface area contributed by atoms with Gasteiger partial charge in [-0.15, -0.1) is 0 Å². The smallest absolute Gasteiger partial charge is 0.339 e. The summed E-state index contributed by atoms with van der Waals surface area (Å²) in [5.74, 6) is 0.365. The number of rotatable bonds is 8. The standard InChI is InChI=1S/C21H25NO6/c1-6-27-19-12-15(8-10-18(19)26-5)21(24)28-14(3)20(23)22-16-11-13(2)7-9-17(16)25-4/h7-12,14H,6H2,1-5H3,(H,22,23)/t14-/m0/s1. The van der Waals surface area contributed by atoms with Crippen molar-refractivity contribution in [2.45, 2.75) is 26.9 Å². The molecule has 7 nitrogen and oxygen atoms in total. The van der Waals surface area contributed by atoms with E-state index in [-0.39, 0.29) is 5.56 Å². The zero-order valence-electron chi connectivity index (χ0n) is 16.7. The Hall–Kier alpha value is -3.22. The molecule has 0 aliphatic heterocycles. The average molecular weight is 387 g/mol. The lowest BCUT2D eigenvalue weighted by Gasteiger charge is -2.16. The molecular formula is C21H25NO6. The predicted octanol–water partition coefficient (Wildman–Crippen LogP) is 3.59. The van der Waals surface area contributed by atoms with E-state index in [1.54, 1.807) is 24.3 Å². The van der Waals surface area contributed by atoms with E-state index in [1.165, 1.54) is 27.2 Å². The van der Waals surface area contributed by atoms with Crippen LogP contribution in [0.15, 0.2) is 36.4 Å². The highest BCUT2D eigenvalue weighted by Crippen LogP contribution is 2.29. The lowest BCUT2D eigenvalue weighted by molar-refractivity contribution is -0.123. The molecule has 0 saturated carbocycles. The van der Waals surface area contributed by atoms with Gasteiger partial charge in [0.25, 0.3) is 5.91 Å². The number of hydrogen-bond acceptors (Lipinski definition) is 6. The van der Waals surface area contributed by atoms with Gasteiger partial charge in [0.15, 0.2) is 17.6 Å². The minimum absolute atomic E-state index is 0.261. The summed E-state index contributed by atoms with van der Waals surface area (Å²) in [6.07, 6.45) is -1.00. The first-order valence-electron chi connectivity index (χ1n) is 8.86. The molecular weight excluding hydrogens is 362 g/mol. The zero-order valence-corrected chi connectivity index (χ0v) is 16.7. The van der Waals surface area contributed by atoms with Crippen LogP contribution in [0.25, 0.3) is 0 Å². The van der Waals surface area contributed by atoms with Gasteiger partial charge in [0.2, 0.25) is 0 Å². The Morgan fingerprint density at radius 2 is 1.68 bits per heavy atom. The monoisotopic (exact) mass is 387 g/mol. The van der Waals surface area contributed by atoms with Gasteiger partial charge in [0, 0.05) is 0 Å².